The zero-order chi connectivity index (χ0) is 27.4. The second-order valence-corrected chi connectivity index (χ2v) is 19.1. The Morgan fingerprint density at radius 2 is 1.68 bits per heavy atom. The first-order valence-corrected chi connectivity index (χ1v) is 18.7. The Balaban J connectivity index is 1.60. The summed E-state index contributed by atoms with van der Waals surface area (Å²) in [5.74, 6) is 3.79. The normalized spacial score (nSPS) is 33.1. The van der Waals surface area contributed by atoms with Crippen LogP contribution in [0, 0.1) is 35.0 Å². The molecular formula is C35H62OSi. The minimum Gasteiger partial charge on any atom is -0.412 e. The zero-order valence-electron chi connectivity index (χ0n) is 26.3. The summed E-state index contributed by atoms with van der Waals surface area (Å²) >= 11 is 0. The summed E-state index contributed by atoms with van der Waals surface area (Å²) in [4.78, 5) is 0. The van der Waals surface area contributed by atoms with Gasteiger partial charge in [0, 0.05) is 0 Å². The van der Waals surface area contributed by atoms with Crippen LogP contribution in [0.2, 0.25) is 18.1 Å². The van der Waals surface area contributed by atoms with Crippen molar-refractivity contribution in [3.05, 3.63) is 35.5 Å². The molecule has 0 amide bonds. The highest BCUT2D eigenvalue weighted by Gasteiger charge is 2.50. The molecule has 0 aliphatic heterocycles. The third-order valence-electron chi connectivity index (χ3n) is 11.5. The third-order valence-corrected chi connectivity index (χ3v) is 16.4. The molecule has 37 heavy (non-hydrogen) atoms. The van der Waals surface area contributed by atoms with Crippen molar-refractivity contribution in [3.8, 4) is 0 Å². The molecule has 212 valence electrons. The van der Waals surface area contributed by atoms with Gasteiger partial charge in [-0.2, -0.15) is 0 Å². The van der Waals surface area contributed by atoms with Crippen molar-refractivity contribution in [1.29, 1.82) is 0 Å². The van der Waals surface area contributed by atoms with Crippen LogP contribution in [0.5, 0.6) is 0 Å². The Bertz CT molecular complexity index is 806. The topological polar surface area (TPSA) is 9.23 Å². The number of rotatable bonds is 11. The molecule has 3 fully saturated rings. The number of hydrogen-bond donors (Lipinski definition) is 0. The maximum absolute atomic E-state index is 6.92. The summed E-state index contributed by atoms with van der Waals surface area (Å²) < 4.78 is 6.92. The lowest BCUT2D eigenvalue weighted by Crippen LogP contribution is -2.44. The van der Waals surface area contributed by atoms with Crippen molar-refractivity contribution in [3.63, 3.8) is 0 Å². The maximum Gasteiger partial charge on any atom is 0.192 e. The van der Waals surface area contributed by atoms with Crippen LogP contribution in [-0.4, -0.2) is 13.9 Å². The Hall–Kier alpha value is -0.603. The molecule has 0 bridgehead atoms. The van der Waals surface area contributed by atoms with Crippen molar-refractivity contribution in [2.24, 2.45) is 35.0 Å². The molecule has 3 aliphatic carbocycles. The van der Waals surface area contributed by atoms with Crippen LogP contribution in [0.3, 0.4) is 0 Å². The molecule has 0 aromatic heterocycles. The van der Waals surface area contributed by atoms with E-state index in [9.17, 15) is 0 Å². The van der Waals surface area contributed by atoms with Gasteiger partial charge >= 0.3 is 0 Å². The van der Waals surface area contributed by atoms with E-state index in [0.29, 0.717) is 17.3 Å². The number of fused-ring (bicyclic) bond motifs is 1. The van der Waals surface area contributed by atoms with Crippen LogP contribution in [0.1, 0.15) is 127 Å². The van der Waals surface area contributed by atoms with Crippen LogP contribution in [0.4, 0.5) is 0 Å². The summed E-state index contributed by atoms with van der Waals surface area (Å²) in [7, 11) is -1.55. The molecule has 0 radical (unpaired) electrons. The molecular weight excluding hydrogens is 464 g/mol. The molecule has 0 spiro atoms. The average molecular weight is 527 g/mol. The summed E-state index contributed by atoms with van der Waals surface area (Å²) in [6.45, 7) is 26.1. The van der Waals surface area contributed by atoms with Crippen LogP contribution in [-0.2, 0) is 4.43 Å². The SMILES string of the molecule is C=C1[C@H](C)CC(=C/C=C2\CCC[C@]3(C)C([C@@H](C)CCCC(C)(C)O[Si](CC)(CC)CC)CC[C@@H]23)C[C@H]1C. The average Bonchev–Trinajstić information content (AvgIpc) is 3.22. The summed E-state index contributed by atoms with van der Waals surface area (Å²) in [5.41, 5.74) is 5.42. The number of allylic oxidation sites excluding steroid dienone is 5. The lowest BCUT2D eigenvalue weighted by atomic mass is 9.60. The van der Waals surface area contributed by atoms with E-state index in [4.69, 9.17) is 4.43 Å². The lowest BCUT2D eigenvalue weighted by Gasteiger charge is -2.44. The molecule has 6 atom stereocenters. The molecule has 0 aromatic carbocycles. The molecule has 0 heterocycles. The highest BCUT2D eigenvalue weighted by Crippen LogP contribution is 2.60. The monoisotopic (exact) mass is 526 g/mol. The highest BCUT2D eigenvalue weighted by atomic mass is 28.4. The second-order valence-electron chi connectivity index (χ2n) is 14.4. The van der Waals surface area contributed by atoms with Gasteiger partial charge in [0.15, 0.2) is 8.32 Å². The molecule has 0 saturated heterocycles. The van der Waals surface area contributed by atoms with Gasteiger partial charge in [-0.1, -0.05) is 96.8 Å². The highest BCUT2D eigenvalue weighted by molar-refractivity contribution is 6.73. The Kier molecular flexibility index (Phi) is 10.6. The predicted molar refractivity (Wildman–Crippen MR) is 166 cm³/mol. The molecule has 3 aliphatic rings. The third kappa shape index (κ3) is 7.13. The molecule has 0 N–H and O–H groups in total. The standard InChI is InChI=1S/C35H62OSi/c1-11-37(12-2,13-3)36-34(8,9)22-14-16-26(4)32-20-21-33-31(17-15-23-35(32,33)10)19-18-30-24-27(5)29(7)28(6)25-30/h18-19,26-28,32-33H,7,11-17,20-25H2,1-6,8-10H3/b31-19+/t26-,27+,28+,32?,33-,35+/m0/s1. The fourth-order valence-corrected chi connectivity index (χ4v) is 12.1. The second kappa shape index (κ2) is 12.7. The first-order chi connectivity index (χ1) is 17.4. The molecule has 1 nitrogen and oxygen atoms in total. The molecule has 0 aromatic rings. The Labute approximate surface area is 233 Å². The van der Waals surface area contributed by atoms with Crippen LogP contribution in [0.25, 0.3) is 0 Å². The zero-order valence-corrected chi connectivity index (χ0v) is 27.3. The van der Waals surface area contributed by atoms with E-state index < -0.39 is 8.32 Å². The van der Waals surface area contributed by atoms with Gasteiger partial charge in [-0.3, -0.25) is 0 Å². The van der Waals surface area contributed by atoms with E-state index in [-0.39, 0.29) is 5.60 Å². The molecule has 1 unspecified atom stereocenters. The predicted octanol–water partition coefficient (Wildman–Crippen LogP) is 11.3. The summed E-state index contributed by atoms with van der Waals surface area (Å²) in [5, 5.41) is 0. The van der Waals surface area contributed by atoms with E-state index in [1.165, 1.54) is 87.9 Å². The number of hydrogen-bond acceptors (Lipinski definition) is 1. The van der Waals surface area contributed by atoms with Gasteiger partial charge in [0.1, 0.15) is 0 Å². The van der Waals surface area contributed by atoms with E-state index in [1.807, 2.05) is 0 Å². The van der Waals surface area contributed by atoms with E-state index in [1.54, 1.807) is 11.1 Å². The van der Waals surface area contributed by atoms with E-state index in [0.717, 1.165) is 17.8 Å². The quantitative estimate of drug-likeness (QED) is 0.192. The molecule has 3 saturated carbocycles. The van der Waals surface area contributed by atoms with Crippen molar-refractivity contribution in [1.82, 2.24) is 0 Å². The minimum absolute atomic E-state index is 0.0325. The van der Waals surface area contributed by atoms with Gasteiger partial charge in [0.2, 0.25) is 0 Å². The van der Waals surface area contributed by atoms with Crippen molar-refractivity contribution >= 4 is 8.32 Å². The summed E-state index contributed by atoms with van der Waals surface area (Å²) in [6.07, 6.45) is 18.4. The van der Waals surface area contributed by atoms with Crippen LogP contribution >= 0.6 is 0 Å². The lowest BCUT2D eigenvalue weighted by molar-refractivity contribution is 0.0704. The van der Waals surface area contributed by atoms with Gasteiger partial charge in [-0.05, 0) is 118 Å². The summed E-state index contributed by atoms with van der Waals surface area (Å²) in [6, 6.07) is 3.75. The van der Waals surface area contributed by atoms with Crippen molar-refractivity contribution < 1.29 is 4.43 Å². The maximum atomic E-state index is 6.92. The molecule has 3 rings (SSSR count). The van der Waals surface area contributed by atoms with E-state index >= 15 is 0 Å². The minimum atomic E-state index is -1.55. The fraction of sp³-hybridized carbons (Fsp3) is 0.829. The van der Waals surface area contributed by atoms with Gasteiger partial charge in [0.05, 0.1) is 5.60 Å². The van der Waals surface area contributed by atoms with Gasteiger partial charge in [-0.15, -0.1) is 0 Å². The Morgan fingerprint density at radius 3 is 2.27 bits per heavy atom. The smallest absolute Gasteiger partial charge is 0.192 e. The largest absolute Gasteiger partial charge is 0.412 e. The van der Waals surface area contributed by atoms with E-state index in [2.05, 4.69) is 81.0 Å². The first kappa shape index (κ1) is 30.9. The van der Waals surface area contributed by atoms with Gasteiger partial charge in [-0.25, -0.2) is 0 Å². The van der Waals surface area contributed by atoms with Crippen LogP contribution < -0.4 is 0 Å². The Morgan fingerprint density at radius 1 is 1.05 bits per heavy atom. The fourth-order valence-electron chi connectivity index (χ4n) is 8.85. The van der Waals surface area contributed by atoms with Gasteiger partial charge in [0.25, 0.3) is 0 Å². The first-order valence-electron chi connectivity index (χ1n) is 16.2. The van der Waals surface area contributed by atoms with Crippen molar-refractivity contribution in [2.75, 3.05) is 0 Å². The van der Waals surface area contributed by atoms with Gasteiger partial charge < -0.3 is 4.43 Å². The van der Waals surface area contributed by atoms with Crippen LogP contribution in [0.15, 0.2) is 35.5 Å². The molecule has 2 heteroatoms. The van der Waals surface area contributed by atoms with Crippen molar-refractivity contribution in [2.45, 2.75) is 150 Å².